The predicted octanol–water partition coefficient (Wildman–Crippen LogP) is 3.48. The Morgan fingerprint density at radius 1 is 1.08 bits per heavy atom. The Morgan fingerprint density at radius 3 is 2.32 bits per heavy atom. The Hall–Kier alpha value is -1.89. The monoisotopic (exact) mass is 381 g/mol. The summed E-state index contributed by atoms with van der Waals surface area (Å²) >= 11 is 5.84. The van der Waals surface area contributed by atoms with Gasteiger partial charge in [-0.3, -0.25) is 4.79 Å². The van der Waals surface area contributed by atoms with Crippen molar-refractivity contribution in [2.45, 2.75) is 24.8 Å². The maximum absolute atomic E-state index is 12.9. The maximum atomic E-state index is 12.9. The van der Waals surface area contributed by atoms with Gasteiger partial charge in [-0.1, -0.05) is 41.9 Å². The minimum Gasteiger partial charge on any atom is -0.466 e. The van der Waals surface area contributed by atoms with Gasteiger partial charge in [0.15, 0.2) is 0 Å². The van der Waals surface area contributed by atoms with Crippen LogP contribution in [0.3, 0.4) is 0 Å². The number of esters is 1. The van der Waals surface area contributed by atoms with E-state index in [-0.39, 0.29) is 31.0 Å². The number of nitrogens with zero attached hydrogens (tertiary/aromatic N) is 1. The Balaban J connectivity index is 2.25. The minimum atomic E-state index is -3.76. The molecule has 0 bridgehead atoms. The van der Waals surface area contributed by atoms with Crippen LogP contribution in [0.15, 0.2) is 59.5 Å². The summed E-state index contributed by atoms with van der Waals surface area (Å²) in [5, 5.41) is 0.458. The molecule has 0 aliphatic rings. The molecule has 0 aliphatic heterocycles. The summed E-state index contributed by atoms with van der Waals surface area (Å²) in [6.07, 6.45) is -0.00646. The number of carbonyl (C=O) groups is 1. The van der Waals surface area contributed by atoms with Crippen molar-refractivity contribution in [2.75, 3.05) is 13.2 Å². The Bertz CT molecular complexity index is 792. The van der Waals surface area contributed by atoms with Gasteiger partial charge < -0.3 is 4.74 Å². The molecule has 0 aliphatic carbocycles. The molecular formula is C18H20ClNO4S. The molecule has 0 atom stereocenters. The van der Waals surface area contributed by atoms with E-state index in [1.165, 1.54) is 28.6 Å². The number of hydrogen-bond acceptors (Lipinski definition) is 4. The number of carbonyl (C=O) groups excluding carboxylic acids is 1. The van der Waals surface area contributed by atoms with Crippen molar-refractivity contribution >= 4 is 27.6 Å². The van der Waals surface area contributed by atoms with E-state index in [2.05, 4.69) is 0 Å². The lowest BCUT2D eigenvalue weighted by molar-refractivity contribution is -0.143. The van der Waals surface area contributed by atoms with Gasteiger partial charge in [0.1, 0.15) is 0 Å². The first-order chi connectivity index (χ1) is 11.9. The summed E-state index contributed by atoms with van der Waals surface area (Å²) in [7, 11) is -3.76. The Labute approximate surface area is 153 Å². The lowest BCUT2D eigenvalue weighted by Crippen LogP contribution is -2.33. The molecule has 0 radical (unpaired) electrons. The van der Waals surface area contributed by atoms with E-state index in [4.69, 9.17) is 16.3 Å². The molecule has 0 saturated carbocycles. The number of ether oxygens (including phenoxy) is 1. The third-order valence-corrected chi connectivity index (χ3v) is 5.64. The minimum absolute atomic E-state index is 0.00646. The van der Waals surface area contributed by atoms with Crippen molar-refractivity contribution < 1.29 is 17.9 Å². The second kappa shape index (κ2) is 8.99. The first-order valence-electron chi connectivity index (χ1n) is 7.88. The lowest BCUT2D eigenvalue weighted by atomic mass is 10.2. The highest BCUT2D eigenvalue weighted by Gasteiger charge is 2.25. The fourth-order valence-corrected chi connectivity index (χ4v) is 3.83. The lowest BCUT2D eigenvalue weighted by Gasteiger charge is -2.22. The largest absolute Gasteiger partial charge is 0.466 e. The van der Waals surface area contributed by atoms with E-state index < -0.39 is 16.0 Å². The average molecular weight is 382 g/mol. The molecule has 7 heteroatoms. The molecule has 0 N–H and O–H groups in total. The van der Waals surface area contributed by atoms with Crippen LogP contribution in [0.25, 0.3) is 0 Å². The van der Waals surface area contributed by atoms with Crippen molar-refractivity contribution in [1.29, 1.82) is 0 Å². The summed E-state index contributed by atoms with van der Waals surface area (Å²) in [6.45, 7) is 2.19. The third kappa shape index (κ3) is 5.56. The van der Waals surface area contributed by atoms with E-state index in [0.717, 1.165) is 5.56 Å². The standard InChI is InChI=1S/C18H20ClNO4S/c1-2-24-18(21)12-13-20(14-15-6-4-3-5-7-15)25(22,23)17-10-8-16(19)9-11-17/h3-11H,2,12-14H2,1H3. The molecule has 0 amide bonds. The maximum Gasteiger partial charge on any atom is 0.307 e. The van der Waals surface area contributed by atoms with Crippen LogP contribution in [0.1, 0.15) is 18.9 Å². The van der Waals surface area contributed by atoms with Gasteiger partial charge in [0.2, 0.25) is 10.0 Å². The average Bonchev–Trinajstić information content (AvgIpc) is 2.60. The SMILES string of the molecule is CCOC(=O)CCN(Cc1ccccc1)S(=O)(=O)c1ccc(Cl)cc1. The van der Waals surface area contributed by atoms with Crippen LogP contribution in [0.4, 0.5) is 0 Å². The van der Waals surface area contributed by atoms with Crippen LogP contribution >= 0.6 is 11.6 Å². The van der Waals surface area contributed by atoms with Crippen LogP contribution in [0.2, 0.25) is 5.02 Å². The molecule has 5 nitrogen and oxygen atoms in total. The van der Waals surface area contributed by atoms with Crippen molar-refractivity contribution in [3.8, 4) is 0 Å². The number of hydrogen-bond donors (Lipinski definition) is 0. The molecule has 0 fully saturated rings. The summed E-state index contributed by atoms with van der Waals surface area (Å²) in [6, 6.07) is 15.2. The van der Waals surface area contributed by atoms with Gasteiger partial charge in [-0.15, -0.1) is 0 Å². The van der Waals surface area contributed by atoms with Crippen molar-refractivity contribution in [2.24, 2.45) is 0 Å². The van der Waals surface area contributed by atoms with Gasteiger partial charge in [0.05, 0.1) is 17.9 Å². The Morgan fingerprint density at radius 2 is 1.72 bits per heavy atom. The number of benzene rings is 2. The predicted molar refractivity (Wildman–Crippen MR) is 96.7 cm³/mol. The first kappa shape index (κ1) is 19.4. The molecule has 0 spiro atoms. The van der Waals surface area contributed by atoms with Gasteiger partial charge >= 0.3 is 5.97 Å². The van der Waals surface area contributed by atoms with Crippen LogP contribution < -0.4 is 0 Å². The second-order valence-electron chi connectivity index (χ2n) is 5.33. The van der Waals surface area contributed by atoms with Gasteiger partial charge in [-0.25, -0.2) is 8.42 Å². The van der Waals surface area contributed by atoms with Crippen LogP contribution in [-0.2, 0) is 26.1 Å². The molecule has 0 saturated heterocycles. The molecule has 25 heavy (non-hydrogen) atoms. The zero-order chi connectivity index (χ0) is 18.3. The zero-order valence-corrected chi connectivity index (χ0v) is 15.5. The normalized spacial score (nSPS) is 11.5. The molecule has 0 heterocycles. The molecule has 2 aromatic carbocycles. The molecular weight excluding hydrogens is 362 g/mol. The summed E-state index contributed by atoms with van der Waals surface area (Å²) in [4.78, 5) is 11.8. The number of sulfonamides is 1. The number of halogens is 1. The molecule has 2 rings (SSSR count). The second-order valence-corrected chi connectivity index (χ2v) is 7.71. The summed E-state index contributed by atoms with van der Waals surface area (Å²) < 4.78 is 32.1. The van der Waals surface area contributed by atoms with Crippen molar-refractivity contribution in [3.05, 3.63) is 65.2 Å². The third-order valence-electron chi connectivity index (χ3n) is 3.52. The highest BCUT2D eigenvalue weighted by Crippen LogP contribution is 2.21. The molecule has 134 valence electrons. The van der Waals surface area contributed by atoms with Crippen LogP contribution in [0, 0.1) is 0 Å². The quantitative estimate of drug-likeness (QED) is 0.656. The van der Waals surface area contributed by atoms with Crippen LogP contribution in [-0.4, -0.2) is 31.8 Å². The van der Waals surface area contributed by atoms with E-state index in [0.29, 0.717) is 5.02 Å². The molecule has 2 aromatic rings. The van der Waals surface area contributed by atoms with E-state index in [1.807, 2.05) is 30.3 Å². The highest BCUT2D eigenvalue weighted by atomic mass is 35.5. The fourth-order valence-electron chi connectivity index (χ4n) is 2.28. The van der Waals surface area contributed by atoms with Gasteiger partial charge in [0, 0.05) is 18.1 Å². The molecule has 0 aromatic heterocycles. The van der Waals surface area contributed by atoms with Gasteiger partial charge in [0.25, 0.3) is 0 Å². The van der Waals surface area contributed by atoms with Crippen molar-refractivity contribution in [3.63, 3.8) is 0 Å². The smallest absolute Gasteiger partial charge is 0.307 e. The molecule has 0 unspecified atom stereocenters. The van der Waals surface area contributed by atoms with E-state index in [1.54, 1.807) is 6.92 Å². The fraction of sp³-hybridized carbons (Fsp3) is 0.278. The highest BCUT2D eigenvalue weighted by molar-refractivity contribution is 7.89. The number of rotatable bonds is 8. The van der Waals surface area contributed by atoms with Gasteiger partial charge in [-0.05, 0) is 36.8 Å². The first-order valence-corrected chi connectivity index (χ1v) is 9.70. The van der Waals surface area contributed by atoms with E-state index in [9.17, 15) is 13.2 Å². The summed E-state index contributed by atoms with van der Waals surface area (Å²) in [5.41, 5.74) is 0.837. The Kier molecular flexibility index (Phi) is 6.99. The van der Waals surface area contributed by atoms with E-state index >= 15 is 0 Å². The van der Waals surface area contributed by atoms with Gasteiger partial charge in [-0.2, -0.15) is 4.31 Å². The zero-order valence-electron chi connectivity index (χ0n) is 13.9. The van der Waals surface area contributed by atoms with Crippen LogP contribution in [0.5, 0.6) is 0 Å². The van der Waals surface area contributed by atoms with Crippen molar-refractivity contribution in [1.82, 2.24) is 4.31 Å². The summed E-state index contributed by atoms with van der Waals surface area (Å²) in [5.74, 6) is -0.424. The topological polar surface area (TPSA) is 63.7 Å².